The second-order valence-electron chi connectivity index (χ2n) is 5.08. The van der Waals surface area contributed by atoms with E-state index in [2.05, 4.69) is 5.32 Å². The van der Waals surface area contributed by atoms with Crippen LogP contribution in [-0.2, 0) is 15.1 Å². The third kappa shape index (κ3) is 3.56. The molecular formula is C15H21NO3. The van der Waals surface area contributed by atoms with Crippen LogP contribution in [0.4, 0.5) is 0 Å². The molecule has 0 aromatic heterocycles. The van der Waals surface area contributed by atoms with Crippen molar-refractivity contribution < 1.29 is 14.7 Å². The van der Waals surface area contributed by atoms with Crippen molar-refractivity contribution in [2.45, 2.75) is 39.2 Å². The number of nitrogens with one attached hydrogen (secondary N) is 1. The quantitative estimate of drug-likeness (QED) is 0.828. The normalized spacial score (nSPS) is 13.9. The Morgan fingerprint density at radius 3 is 2.26 bits per heavy atom. The Kier molecular flexibility index (Phi) is 5.10. The average molecular weight is 263 g/mol. The van der Waals surface area contributed by atoms with Crippen LogP contribution in [0.25, 0.3) is 0 Å². The summed E-state index contributed by atoms with van der Waals surface area (Å²) in [5, 5.41) is 12.2. The number of carboxylic acid groups (broad SMARTS) is 1. The van der Waals surface area contributed by atoms with Crippen molar-refractivity contribution >= 4 is 11.9 Å². The molecule has 0 aliphatic carbocycles. The number of carbonyl (C=O) groups excluding carboxylic acids is 1. The van der Waals surface area contributed by atoms with E-state index in [1.165, 1.54) is 0 Å². The molecule has 0 aliphatic rings. The summed E-state index contributed by atoms with van der Waals surface area (Å²) < 4.78 is 0. The predicted octanol–water partition coefficient (Wildman–Crippen LogP) is 2.54. The molecule has 19 heavy (non-hydrogen) atoms. The lowest BCUT2D eigenvalue weighted by Gasteiger charge is -2.30. The molecule has 0 heterocycles. The third-order valence-corrected chi connectivity index (χ3v) is 3.11. The first-order chi connectivity index (χ1) is 8.92. The molecule has 0 saturated heterocycles. The number of carboxylic acids is 1. The van der Waals surface area contributed by atoms with Gasteiger partial charge in [-0.3, -0.25) is 4.79 Å². The molecule has 4 heteroatoms. The number of rotatable bonds is 6. The van der Waals surface area contributed by atoms with Gasteiger partial charge >= 0.3 is 5.97 Å². The molecular weight excluding hydrogens is 242 g/mol. The van der Waals surface area contributed by atoms with Gasteiger partial charge in [0.05, 0.1) is 0 Å². The lowest BCUT2D eigenvalue weighted by atomic mass is 9.87. The van der Waals surface area contributed by atoms with Crippen molar-refractivity contribution in [2.24, 2.45) is 5.92 Å². The van der Waals surface area contributed by atoms with Crippen LogP contribution >= 0.6 is 0 Å². The van der Waals surface area contributed by atoms with Crippen LogP contribution in [0.3, 0.4) is 0 Å². The number of amides is 1. The van der Waals surface area contributed by atoms with E-state index >= 15 is 0 Å². The first kappa shape index (κ1) is 15.2. The van der Waals surface area contributed by atoms with Gasteiger partial charge < -0.3 is 10.4 Å². The van der Waals surface area contributed by atoms with Crippen LogP contribution in [0, 0.1) is 5.92 Å². The summed E-state index contributed by atoms with van der Waals surface area (Å²) in [6.45, 7) is 5.61. The Bertz CT molecular complexity index is 442. The van der Waals surface area contributed by atoms with E-state index in [0.29, 0.717) is 18.4 Å². The van der Waals surface area contributed by atoms with Crippen LogP contribution in [0.5, 0.6) is 0 Å². The Morgan fingerprint density at radius 2 is 1.84 bits per heavy atom. The van der Waals surface area contributed by atoms with Gasteiger partial charge in [-0.05, 0) is 17.9 Å². The zero-order chi connectivity index (χ0) is 14.5. The van der Waals surface area contributed by atoms with Crippen molar-refractivity contribution in [1.29, 1.82) is 0 Å². The summed E-state index contributed by atoms with van der Waals surface area (Å²) in [6.07, 6.45) is 0.623. The molecule has 4 nitrogen and oxygen atoms in total. The highest BCUT2D eigenvalue weighted by Crippen LogP contribution is 2.25. The number of hydrogen-bond donors (Lipinski definition) is 2. The van der Waals surface area contributed by atoms with Crippen molar-refractivity contribution in [3.05, 3.63) is 35.9 Å². The lowest BCUT2D eigenvalue weighted by Crippen LogP contribution is -2.51. The molecule has 1 amide bonds. The van der Waals surface area contributed by atoms with Crippen LogP contribution in [0.2, 0.25) is 0 Å². The first-order valence-corrected chi connectivity index (χ1v) is 6.52. The van der Waals surface area contributed by atoms with Crippen LogP contribution in [-0.4, -0.2) is 17.0 Å². The summed E-state index contributed by atoms with van der Waals surface area (Å²) in [5.74, 6) is -1.07. The van der Waals surface area contributed by atoms with Crippen molar-refractivity contribution in [2.75, 3.05) is 0 Å². The molecule has 0 spiro atoms. The lowest BCUT2D eigenvalue weighted by molar-refractivity contribution is -0.148. The molecule has 1 unspecified atom stereocenters. The zero-order valence-corrected chi connectivity index (χ0v) is 11.6. The molecule has 1 atom stereocenters. The summed E-state index contributed by atoms with van der Waals surface area (Å²) >= 11 is 0. The zero-order valence-electron chi connectivity index (χ0n) is 11.6. The summed E-state index contributed by atoms with van der Waals surface area (Å²) in [4.78, 5) is 23.6. The van der Waals surface area contributed by atoms with Gasteiger partial charge in [0.1, 0.15) is 0 Å². The van der Waals surface area contributed by atoms with E-state index in [1.54, 1.807) is 31.2 Å². The van der Waals surface area contributed by atoms with Gasteiger partial charge in [-0.2, -0.15) is 0 Å². The van der Waals surface area contributed by atoms with E-state index in [0.717, 1.165) is 0 Å². The Labute approximate surface area is 113 Å². The van der Waals surface area contributed by atoms with Crippen LogP contribution in [0.15, 0.2) is 30.3 Å². The summed E-state index contributed by atoms with van der Waals surface area (Å²) in [5.41, 5.74) is -0.741. The molecule has 1 aromatic carbocycles. The van der Waals surface area contributed by atoms with Gasteiger partial charge in [-0.15, -0.1) is 0 Å². The van der Waals surface area contributed by atoms with E-state index in [9.17, 15) is 14.7 Å². The van der Waals surface area contributed by atoms with Crippen molar-refractivity contribution in [3.63, 3.8) is 0 Å². The van der Waals surface area contributed by atoms with E-state index in [4.69, 9.17) is 0 Å². The molecule has 1 rings (SSSR count). The van der Waals surface area contributed by atoms with Gasteiger partial charge in [0.2, 0.25) is 5.91 Å². The predicted molar refractivity (Wildman–Crippen MR) is 73.6 cm³/mol. The second-order valence-corrected chi connectivity index (χ2v) is 5.08. The van der Waals surface area contributed by atoms with Gasteiger partial charge in [-0.1, -0.05) is 51.1 Å². The largest absolute Gasteiger partial charge is 0.479 e. The highest BCUT2D eigenvalue weighted by Gasteiger charge is 2.40. The smallest absolute Gasteiger partial charge is 0.334 e. The highest BCUT2D eigenvalue weighted by atomic mass is 16.4. The maximum absolute atomic E-state index is 11.9. The number of hydrogen-bond acceptors (Lipinski definition) is 2. The number of carbonyl (C=O) groups is 2. The maximum Gasteiger partial charge on any atom is 0.334 e. The summed E-state index contributed by atoms with van der Waals surface area (Å²) in [6, 6.07) is 8.83. The molecule has 0 saturated carbocycles. The Morgan fingerprint density at radius 1 is 1.26 bits per heavy atom. The topological polar surface area (TPSA) is 66.4 Å². The van der Waals surface area contributed by atoms with Crippen LogP contribution in [0.1, 0.15) is 39.2 Å². The minimum absolute atomic E-state index is 0.194. The van der Waals surface area contributed by atoms with Gasteiger partial charge in [0, 0.05) is 6.42 Å². The fourth-order valence-electron chi connectivity index (χ4n) is 2.08. The van der Waals surface area contributed by atoms with E-state index < -0.39 is 11.5 Å². The van der Waals surface area contributed by atoms with Crippen LogP contribution < -0.4 is 5.32 Å². The minimum Gasteiger partial charge on any atom is -0.479 e. The average Bonchev–Trinajstić information content (AvgIpc) is 2.35. The molecule has 104 valence electrons. The fraction of sp³-hybridized carbons (Fsp3) is 0.467. The van der Waals surface area contributed by atoms with E-state index in [1.807, 2.05) is 19.9 Å². The maximum atomic E-state index is 11.9. The van der Waals surface area contributed by atoms with Gasteiger partial charge in [-0.25, -0.2) is 4.79 Å². The van der Waals surface area contributed by atoms with Gasteiger partial charge in [0.15, 0.2) is 5.54 Å². The number of benzene rings is 1. The number of aliphatic carboxylic acids is 1. The second kappa shape index (κ2) is 6.36. The first-order valence-electron chi connectivity index (χ1n) is 6.52. The monoisotopic (exact) mass is 263 g/mol. The molecule has 0 fully saturated rings. The Balaban J connectivity index is 3.07. The van der Waals surface area contributed by atoms with Crippen molar-refractivity contribution in [3.8, 4) is 0 Å². The van der Waals surface area contributed by atoms with Crippen molar-refractivity contribution in [1.82, 2.24) is 5.32 Å². The highest BCUT2D eigenvalue weighted by molar-refractivity contribution is 5.88. The molecule has 0 bridgehead atoms. The third-order valence-electron chi connectivity index (χ3n) is 3.11. The Hall–Kier alpha value is -1.84. The van der Waals surface area contributed by atoms with E-state index in [-0.39, 0.29) is 11.8 Å². The standard InChI is InChI=1S/C15H21NO3/c1-4-15(14(18)19,12-8-6-5-7-9-12)16-13(17)10-11(2)3/h5-9,11H,4,10H2,1-3H3,(H,16,17)(H,18,19). The molecule has 1 aromatic rings. The minimum atomic E-state index is -1.34. The molecule has 0 aliphatic heterocycles. The summed E-state index contributed by atoms with van der Waals surface area (Å²) in [7, 11) is 0. The van der Waals surface area contributed by atoms with Gasteiger partial charge in [0.25, 0.3) is 0 Å². The SMILES string of the molecule is CCC(NC(=O)CC(C)C)(C(=O)O)c1ccccc1. The molecule has 0 radical (unpaired) electrons. The fourth-order valence-corrected chi connectivity index (χ4v) is 2.08. The molecule has 2 N–H and O–H groups in total.